The summed E-state index contributed by atoms with van der Waals surface area (Å²) in [5.74, 6) is 0.350. The fourth-order valence-corrected chi connectivity index (χ4v) is 2.51. The molecule has 3 rings (SSSR count). The van der Waals surface area contributed by atoms with Gasteiger partial charge in [-0.1, -0.05) is 20.4 Å². The van der Waals surface area contributed by atoms with Crippen molar-refractivity contribution >= 4 is 17.1 Å². The van der Waals surface area contributed by atoms with E-state index in [-0.39, 0.29) is 12.0 Å². The van der Waals surface area contributed by atoms with Crippen molar-refractivity contribution < 1.29 is 9.53 Å². The molecule has 1 saturated heterocycles. The van der Waals surface area contributed by atoms with Gasteiger partial charge in [0.1, 0.15) is 17.7 Å². The number of likely N-dealkylation sites (tertiary alicyclic amines) is 1. The van der Waals surface area contributed by atoms with Crippen molar-refractivity contribution in [1.29, 1.82) is 5.26 Å². The number of piperidine rings is 1. The zero-order chi connectivity index (χ0) is 17.5. The molecular weight excluding hydrogens is 306 g/mol. The number of nitrogens with zero attached hydrogens (tertiary/aromatic N) is 4. The number of hydrogen-bond acceptors (Lipinski definition) is 5. The maximum absolute atomic E-state index is 11.5. The number of carbonyl (C=O) groups excluding carboxylic acids is 1. The lowest BCUT2D eigenvalue weighted by atomic mass is 10.1. The molecule has 3 heterocycles. The van der Waals surface area contributed by atoms with E-state index in [1.54, 1.807) is 17.3 Å². The number of hydrogen-bond donors (Lipinski definition) is 1. The molecule has 1 aliphatic rings. The lowest BCUT2D eigenvalue weighted by Crippen LogP contribution is -2.41. The fraction of sp³-hybridized carbons (Fsp3) is 0.412. The van der Waals surface area contributed by atoms with E-state index >= 15 is 0 Å². The first kappa shape index (κ1) is 17.5. The summed E-state index contributed by atoms with van der Waals surface area (Å²) in [4.78, 5) is 24.7. The van der Waals surface area contributed by atoms with Crippen LogP contribution in [0.25, 0.3) is 11.2 Å². The van der Waals surface area contributed by atoms with E-state index in [0.29, 0.717) is 35.7 Å². The molecule has 1 fully saturated rings. The molecule has 0 radical (unpaired) electrons. The van der Waals surface area contributed by atoms with E-state index in [4.69, 9.17) is 10.00 Å². The van der Waals surface area contributed by atoms with E-state index in [0.717, 1.165) is 12.8 Å². The number of rotatable bonds is 3. The molecule has 1 N–H and O–H groups in total. The summed E-state index contributed by atoms with van der Waals surface area (Å²) >= 11 is 0. The van der Waals surface area contributed by atoms with Gasteiger partial charge in [-0.2, -0.15) is 5.26 Å². The van der Waals surface area contributed by atoms with Gasteiger partial charge in [0.2, 0.25) is 11.8 Å². The minimum atomic E-state index is -0.0503. The summed E-state index contributed by atoms with van der Waals surface area (Å²) in [6.07, 6.45) is 5.91. The number of amides is 1. The molecule has 1 amide bonds. The quantitative estimate of drug-likeness (QED) is 0.874. The van der Waals surface area contributed by atoms with Crippen LogP contribution in [-0.2, 0) is 4.79 Å². The highest BCUT2D eigenvalue weighted by Gasteiger charge is 2.23. The zero-order valence-electron chi connectivity index (χ0n) is 14.0. The first-order valence-electron chi connectivity index (χ1n) is 8.03. The van der Waals surface area contributed by atoms with E-state index in [9.17, 15) is 4.79 Å². The third kappa shape index (κ3) is 3.71. The van der Waals surface area contributed by atoms with Crippen molar-refractivity contribution in [3.63, 3.8) is 0 Å². The zero-order valence-corrected chi connectivity index (χ0v) is 14.0. The van der Waals surface area contributed by atoms with Gasteiger partial charge in [0, 0.05) is 32.1 Å². The van der Waals surface area contributed by atoms with Crippen molar-refractivity contribution in [2.24, 2.45) is 0 Å². The lowest BCUT2D eigenvalue weighted by Gasteiger charge is -2.31. The van der Waals surface area contributed by atoms with Crippen LogP contribution >= 0.6 is 0 Å². The number of ether oxygens (including phenoxy) is 1. The highest BCUT2D eigenvalue weighted by Crippen LogP contribution is 2.20. The molecule has 0 saturated carbocycles. The van der Waals surface area contributed by atoms with Gasteiger partial charge in [-0.25, -0.2) is 9.97 Å². The van der Waals surface area contributed by atoms with Crippen LogP contribution in [0.5, 0.6) is 5.88 Å². The molecule has 0 atom stereocenters. The van der Waals surface area contributed by atoms with E-state index in [2.05, 4.69) is 27.6 Å². The number of fused-ring (bicyclic) bond motifs is 1. The molecule has 2 aromatic heterocycles. The number of H-pyrrole nitrogens is 1. The van der Waals surface area contributed by atoms with Crippen molar-refractivity contribution in [2.45, 2.75) is 32.8 Å². The van der Waals surface area contributed by atoms with Crippen LogP contribution in [0.4, 0.5) is 0 Å². The monoisotopic (exact) mass is 327 g/mol. The minimum Gasteiger partial charge on any atom is -0.473 e. The minimum absolute atomic E-state index is 0.00917. The van der Waals surface area contributed by atoms with Gasteiger partial charge in [-0.3, -0.25) is 4.79 Å². The third-order valence-electron chi connectivity index (χ3n) is 3.69. The van der Waals surface area contributed by atoms with E-state index in [1.165, 1.54) is 6.08 Å². The number of nitrogens with one attached hydrogen (secondary N) is 1. The number of carbonyl (C=O) groups is 1. The van der Waals surface area contributed by atoms with Gasteiger partial charge in [-0.15, -0.1) is 0 Å². The fourth-order valence-electron chi connectivity index (χ4n) is 2.51. The van der Waals surface area contributed by atoms with Crippen molar-refractivity contribution in [2.75, 3.05) is 13.1 Å². The van der Waals surface area contributed by atoms with Gasteiger partial charge < -0.3 is 14.6 Å². The molecule has 7 heteroatoms. The summed E-state index contributed by atoms with van der Waals surface area (Å²) in [5, 5.41) is 9.02. The van der Waals surface area contributed by atoms with Gasteiger partial charge in [-0.05, 0) is 6.08 Å². The topological polar surface area (TPSA) is 94.9 Å². The Morgan fingerprint density at radius 1 is 1.50 bits per heavy atom. The molecule has 0 bridgehead atoms. The van der Waals surface area contributed by atoms with E-state index < -0.39 is 0 Å². The first-order valence-corrected chi connectivity index (χ1v) is 8.03. The molecule has 0 spiro atoms. The van der Waals surface area contributed by atoms with Crippen molar-refractivity contribution in [3.05, 3.63) is 30.6 Å². The highest BCUT2D eigenvalue weighted by atomic mass is 16.5. The van der Waals surface area contributed by atoms with Gasteiger partial charge in [0.15, 0.2) is 5.65 Å². The van der Waals surface area contributed by atoms with Crippen LogP contribution in [0.2, 0.25) is 0 Å². The Balaban J connectivity index is 0.00000100. The first-order chi connectivity index (χ1) is 11.7. The molecule has 24 heavy (non-hydrogen) atoms. The third-order valence-corrected chi connectivity index (χ3v) is 3.69. The molecule has 126 valence electrons. The average molecular weight is 327 g/mol. The standard InChI is InChI=1S/C15H15N5O2.C2H6/c1-2-13(21)20-5-3-11(4-6-20)22-12-9-18-15-14(19-12)10(7-16)8-17-15;1-2/h2,8-9,11H,1,3-6H2,(H,17,18);1-2H3. The Bertz CT molecular complexity index is 754. The van der Waals surface area contributed by atoms with Crippen LogP contribution in [0.1, 0.15) is 32.3 Å². The van der Waals surface area contributed by atoms with E-state index in [1.807, 2.05) is 13.8 Å². The maximum Gasteiger partial charge on any atom is 0.245 e. The number of aromatic nitrogens is 3. The van der Waals surface area contributed by atoms with Gasteiger partial charge in [0.05, 0.1) is 11.8 Å². The predicted octanol–water partition coefficient (Wildman–Crippen LogP) is 2.41. The number of nitriles is 1. The normalized spacial score (nSPS) is 14.5. The Morgan fingerprint density at radius 2 is 2.21 bits per heavy atom. The second-order valence-corrected chi connectivity index (χ2v) is 5.07. The Kier molecular flexibility index (Phi) is 5.90. The molecule has 0 aliphatic carbocycles. The van der Waals surface area contributed by atoms with Crippen LogP contribution in [0, 0.1) is 11.3 Å². The van der Waals surface area contributed by atoms with Gasteiger partial charge >= 0.3 is 0 Å². The number of aromatic amines is 1. The summed E-state index contributed by atoms with van der Waals surface area (Å²) in [7, 11) is 0. The smallest absolute Gasteiger partial charge is 0.245 e. The Morgan fingerprint density at radius 3 is 2.83 bits per heavy atom. The maximum atomic E-state index is 11.5. The summed E-state index contributed by atoms with van der Waals surface area (Å²) in [5.41, 5.74) is 1.52. The van der Waals surface area contributed by atoms with Crippen molar-refractivity contribution in [1.82, 2.24) is 19.9 Å². The summed E-state index contributed by atoms with van der Waals surface area (Å²) in [6.45, 7) is 8.77. The molecule has 7 nitrogen and oxygen atoms in total. The summed E-state index contributed by atoms with van der Waals surface area (Å²) in [6, 6.07) is 2.06. The summed E-state index contributed by atoms with van der Waals surface area (Å²) < 4.78 is 5.83. The molecule has 0 unspecified atom stereocenters. The van der Waals surface area contributed by atoms with Crippen LogP contribution in [0.3, 0.4) is 0 Å². The second-order valence-electron chi connectivity index (χ2n) is 5.07. The second kappa shape index (κ2) is 8.11. The van der Waals surface area contributed by atoms with Crippen LogP contribution in [-0.4, -0.2) is 45.0 Å². The largest absolute Gasteiger partial charge is 0.473 e. The molecule has 1 aliphatic heterocycles. The van der Waals surface area contributed by atoms with Gasteiger partial charge in [0.25, 0.3) is 0 Å². The molecular formula is C17H21N5O2. The molecule has 2 aromatic rings. The predicted molar refractivity (Wildman–Crippen MR) is 90.4 cm³/mol. The van der Waals surface area contributed by atoms with Crippen molar-refractivity contribution in [3.8, 4) is 11.9 Å². The average Bonchev–Trinajstić information content (AvgIpc) is 3.05. The molecule has 0 aromatic carbocycles. The van der Waals surface area contributed by atoms with Crippen LogP contribution in [0.15, 0.2) is 25.0 Å². The van der Waals surface area contributed by atoms with Crippen LogP contribution < -0.4 is 4.74 Å². The Labute approximate surface area is 141 Å². The SMILES string of the molecule is C=CC(=O)N1CCC(Oc2cnc3[nH]cc(C#N)c3n2)CC1.CC. The Hall–Kier alpha value is -2.88. The highest BCUT2D eigenvalue weighted by molar-refractivity contribution is 5.87. The lowest BCUT2D eigenvalue weighted by molar-refractivity contribution is -0.127.